The van der Waals surface area contributed by atoms with Gasteiger partial charge in [-0.3, -0.25) is 0 Å². The fraction of sp³-hybridized carbons (Fsp3) is 0.250. The van der Waals surface area contributed by atoms with Gasteiger partial charge in [0.1, 0.15) is 35.0 Å². The monoisotopic (exact) mass is 512 g/mol. The molecule has 0 radical (unpaired) electrons. The van der Waals surface area contributed by atoms with Crippen LogP contribution in [-0.2, 0) is 11.3 Å². The predicted octanol–water partition coefficient (Wildman–Crippen LogP) is 5.73. The number of hydrogen-bond donors (Lipinski definition) is 0. The van der Waals surface area contributed by atoms with Gasteiger partial charge in [-0.1, -0.05) is 0 Å². The lowest BCUT2D eigenvalue weighted by Crippen LogP contribution is -2.08. The number of carbonyl (C=O) groups excluding carboxylic acids is 1. The summed E-state index contributed by atoms with van der Waals surface area (Å²) in [6.07, 6.45) is 0. The smallest absolute Gasteiger partial charge is 0.342 e. The molecule has 148 valence electrons. The molecule has 0 saturated carbocycles. The van der Waals surface area contributed by atoms with Gasteiger partial charge in [0.2, 0.25) is 0 Å². The van der Waals surface area contributed by atoms with Gasteiger partial charge in [-0.25, -0.2) is 4.79 Å². The van der Waals surface area contributed by atoms with Crippen LogP contribution >= 0.6 is 31.9 Å². The number of furan rings is 1. The molecule has 0 amide bonds. The van der Waals surface area contributed by atoms with Crippen molar-refractivity contribution < 1.29 is 28.2 Å². The molecule has 1 heterocycles. The Morgan fingerprint density at radius 1 is 1.07 bits per heavy atom. The van der Waals surface area contributed by atoms with E-state index in [4.69, 9.17) is 23.4 Å². The van der Waals surface area contributed by atoms with Crippen molar-refractivity contribution in [3.8, 4) is 17.2 Å². The standard InChI is InChI=1S/C20H18Br2O6/c1-4-26-20(23)17-15(10-27-12-7-5-11(24-2)6-8-12)28-14-9-13(21)19(25-3)18(22)16(14)17/h5-9H,4,10H2,1-3H3. The lowest BCUT2D eigenvalue weighted by molar-refractivity contribution is 0.0523. The van der Waals surface area contributed by atoms with E-state index in [2.05, 4.69) is 31.9 Å². The maximum atomic E-state index is 12.6. The molecule has 0 bridgehead atoms. The van der Waals surface area contributed by atoms with Crippen LogP contribution in [0.2, 0.25) is 0 Å². The van der Waals surface area contributed by atoms with Crippen LogP contribution in [-0.4, -0.2) is 26.8 Å². The van der Waals surface area contributed by atoms with E-state index in [1.54, 1.807) is 51.5 Å². The van der Waals surface area contributed by atoms with Crippen molar-refractivity contribution in [1.29, 1.82) is 0 Å². The third kappa shape index (κ3) is 3.98. The van der Waals surface area contributed by atoms with Crippen molar-refractivity contribution in [3.05, 3.63) is 50.6 Å². The number of methoxy groups -OCH3 is 2. The maximum absolute atomic E-state index is 12.6. The number of esters is 1. The maximum Gasteiger partial charge on any atom is 0.342 e. The summed E-state index contributed by atoms with van der Waals surface area (Å²) in [7, 11) is 3.15. The van der Waals surface area contributed by atoms with E-state index in [0.29, 0.717) is 42.7 Å². The van der Waals surface area contributed by atoms with Crippen LogP contribution in [0.5, 0.6) is 17.2 Å². The molecule has 0 unspecified atom stereocenters. The van der Waals surface area contributed by atoms with Crippen molar-refractivity contribution in [1.82, 2.24) is 0 Å². The summed E-state index contributed by atoms with van der Waals surface area (Å²) in [6, 6.07) is 8.89. The average Bonchev–Trinajstić information content (AvgIpc) is 3.05. The third-order valence-corrected chi connectivity index (χ3v) is 5.36. The van der Waals surface area contributed by atoms with Crippen LogP contribution < -0.4 is 14.2 Å². The van der Waals surface area contributed by atoms with Crippen molar-refractivity contribution in [2.75, 3.05) is 20.8 Å². The minimum Gasteiger partial charge on any atom is -0.497 e. The van der Waals surface area contributed by atoms with Crippen molar-refractivity contribution >= 4 is 48.8 Å². The lowest BCUT2D eigenvalue weighted by Gasteiger charge is -2.08. The SMILES string of the molecule is CCOC(=O)c1c(COc2ccc(OC)cc2)oc2cc(Br)c(OC)c(Br)c12. The van der Waals surface area contributed by atoms with Gasteiger partial charge in [0.05, 0.1) is 35.2 Å². The van der Waals surface area contributed by atoms with Crippen LogP contribution in [0.15, 0.2) is 43.7 Å². The second-order valence-corrected chi connectivity index (χ2v) is 7.31. The third-order valence-electron chi connectivity index (χ3n) is 4.02. The Labute approximate surface area is 179 Å². The second kappa shape index (κ2) is 8.87. The summed E-state index contributed by atoms with van der Waals surface area (Å²) in [5.74, 6) is 1.78. The molecule has 3 aromatic rings. The molecular formula is C20H18Br2O6. The Morgan fingerprint density at radius 3 is 2.36 bits per heavy atom. The first-order chi connectivity index (χ1) is 13.5. The van der Waals surface area contributed by atoms with E-state index in [1.807, 2.05) is 0 Å². The predicted molar refractivity (Wildman–Crippen MR) is 111 cm³/mol. The molecule has 0 fully saturated rings. The molecule has 0 saturated heterocycles. The molecule has 2 aromatic carbocycles. The van der Waals surface area contributed by atoms with Gasteiger partial charge in [-0.2, -0.15) is 0 Å². The van der Waals surface area contributed by atoms with Crippen LogP contribution in [0.4, 0.5) is 0 Å². The Morgan fingerprint density at radius 2 is 1.75 bits per heavy atom. The highest BCUT2D eigenvalue weighted by atomic mass is 79.9. The molecule has 6 nitrogen and oxygen atoms in total. The van der Waals surface area contributed by atoms with E-state index in [1.165, 1.54) is 0 Å². The normalized spacial score (nSPS) is 10.8. The number of carbonyl (C=O) groups is 1. The lowest BCUT2D eigenvalue weighted by atomic mass is 10.1. The number of fused-ring (bicyclic) bond motifs is 1. The molecule has 0 aliphatic carbocycles. The molecule has 8 heteroatoms. The Balaban J connectivity index is 2.03. The van der Waals surface area contributed by atoms with Crippen LogP contribution in [0, 0.1) is 0 Å². The Hall–Kier alpha value is -2.19. The quantitative estimate of drug-likeness (QED) is 0.376. The molecule has 0 atom stereocenters. The van der Waals surface area contributed by atoms with E-state index >= 15 is 0 Å². The highest BCUT2D eigenvalue weighted by molar-refractivity contribution is 9.11. The zero-order chi connectivity index (χ0) is 20.3. The summed E-state index contributed by atoms with van der Waals surface area (Å²) < 4.78 is 28.8. The van der Waals surface area contributed by atoms with Crippen LogP contribution in [0.3, 0.4) is 0 Å². The summed E-state index contributed by atoms with van der Waals surface area (Å²) in [5.41, 5.74) is 0.818. The van der Waals surface area contributed by atoms with Gasteiger partial charge in [0.15, 0.2) is 5.76 Å². The minimum absolute atomic E-state index is 0.0571. The average molecular weight is 514 g/mol. The molecule has 0 spiro atoms. The van der Waals surface area contributed by atoms with Gasteiger partial charge in [0.25, 0.3) is 0 Å². The number of hydrogen-bond acceptors (Lipinski definition) is 6. The molecular weight excluding hydrogens is 496 g/mol. The Bertz CT molecular complexity index is 994. The number of benzene rings is 2. The Kier molecular flexibility index (Phi) is 6.51. The van der Waals surface area contributed by atoms with Crippen molar-refractivity contribution in [2.24, 2.45) is 0 Å². The molecule has 1 aromatic heterocycles. The minimum atomic E-state index is -0.486. The number of ether oxygens (including phenoxy) is 4. The largest absolute Gasteiger partial charge is 0.497 e. The molecule has 0 N–H and O–H groups in total. The molecule has 3 rings (SSSR count). The van der Waals surface area contributed by atoms with Gasteiger partial charge < -0.3 is 23.4 Å². The fourth-order valence-electron chi connectivity index (χ4n) is 2.74. The zero-order valence-corrected chi connectivity index (χ0v) is 18.7. The first-order valence-electron chi connectivity index (χ1n) is 8.41. The van der Waals surface area contributed by atoms with Crippen LogP contribution in [0.1, 0.15) is 23.0 Å². The number of halogens is 2. The van der Waals surface area contributed by atoms with Gasteiger partial charge in [-0.15, -0.1) is 0 Å². The topological polar surface area (TPSA) is 67.1 Å². The highest BCUT2D eigenvalue weighted by Crippen LogP contribution is 2.43. The van der Waals surface area contributed by atoms with E-state index in [-0.39, 0.29) is 13.2 Å². The van der Waals surface area contributed by atoms with Gasteiger partial charge in [0, 0.05) is 0 Å². The fourth-order valence-corrected chi connectivity index (χ4v) is 4.35. The van der Waals surface area contributed by atoms with Crippen LogP contribution in [0.25, 0.3) is 11.0 Å². The summed E-state index contributed by atoms with van der Waals surface area (Å²) in [6.45, 7) is 2.05. The first kappa shape index (κ1) is 20.5. The summed E-state index contributed by atoms with van der Waals surface area (Å²) in [4.78, 5) is 12.6. The van der Waals surface area contributed by atoms with Gasteiger partial charge in [-0.05, 0) is 69.1 Å². The van der Waals surface area contributed by atoms with Crippen molar-refractivity contribution in [2.45, 2.75) is 13.5 Å². The van der Waals surface area contributed by atoms with E-state index < -0.39 is 5.97 Å². The second-order valence-electron chi connectivity index (χ2n) is 5.66. The van der Waals surface area contributed by atoms with Gasteiger partial charge >= 0.3 is 5.97 Å². The highest BCUT2D eigenvalue weighted by Gasteiger charge is 2.27. The zero-order valence-electron chi connectivity index (χ0n) is 15.5. The molecule has 28 heavy (non-hydrogen) atoms. The number of rotatable bonds is 7. The summed E-state index contributed by atoms with van der Waals surface area (Å²) in [5, 5.41) is 0.576. The molecule has 0 aliphatic heterocycles. The summed E-state index contributed by atoms with van der Waals surface area (Å²) >= 11 is 6.96. The first-order valence-corrected chi connectivity index (χ1v) is 10.00. The van der Waals surface area contributed by atoms with E-state index in [9.17, 15) is 4.79 Å². The van der Waals surface area contributed by atoms with E-state index in [0.717, 1.165) is 5.75 Å². The van der Waals surface area contributed by atoms with Crippen molar-refractivity contribution in [3.63, 3.8) is 0 Å². The molecule has 0 aliphatic rings.